The van der Waals surface area contributed by atoms with Gasteiger partial charge in [-0.25, -0.2) is 24.2 Å². The van der Waals surface area contributed by atoms with E-state index in [2.05, 4.69) is 114 Å². The quantitative estimate of drug-likeness (QED) is 0.122. The minimum atomic E-state index is -0.487. The van der Waals surface area contributed by atoms with Gasteiger partial charge in [0.15, 0.2) is 0 Å². The first-order valence-corrected chi connectivity index (χ1v) is 31.1. The predicted molar refractivity (Wildman–Crippen MR) is 329 cm³/mol. The normalized spacial score (nSPS) is 32.1. The molecule has 0 saturated heterocycles. The molecule has 16 nitrogen and oxygen atoms in total. The number of rotatable bonds is 11. The summed E-state index contributed by atoms with van der Waals surface area (Å²) in [5.74, 6) is 2.61. The molecular weight excluding hydrogens is 1130 g/mol. The third-order valence-corrected chi connectivity index (χ3v) is 18.9. The van der Waals surface area contributed by atoms with Crippen molar-refractivity contribution in [3.63, 3.8) is 0 Å². The second-order valence-corrected chi connectivity index (χ2v) is 27.1. The summed E-state index contributed by atoms with van der Waals surface area (Å²) in [6.45, 7) is 39.8. The van der Waals surface area contributed by atoms with E-state index in [0.29, 0.717) is 115 Å². The number of aromatic nitrogens is 2. The number of amidine groups is 1. The Bertz CT molecular complexity index is 3030. The summed E-state index contributed by atoms with van der Waals surface area (Å²) in [6, 6.07) is 0. The molecule has 2 aromatic rings. The fraction of sp³-hybridized carbons (Fsp3) is 0.647. The Labute approximate surface area is 518 Å². The van der Waals surface area contributed by atoms with Gasteiger partial charge in [-0.2, -0.15) is 0 Å². The van der Waals surface area contributed by atoms with Gasteiger partial charge in [-0.1, -0.05) is 102 Å². The van der Waals surface area contributed by atoms with Gasteiger partial charge in [0.05, 0.1) is 28.2 Å². The van der Waals surface area contributed by atoms with Crippen LogP contribution in [0.25, 0.3) is 12.2 Å². The van der Waals surface area contributed by atoms with Gasteiger partial charge in [0.1, 0.15) is 41.7 Å². The Morgan fingerprint density at radius 2 is 0.753 bits per heavy atom. The van der Waals surface area contributed by atoms with Gasteiger partial charge < -0.3 is 39.5 Å². The predicted octanol–water partition coefficient (Wildman–Crippen LogP) is 13.2. The van der Waals surface area contributed by atoms with Crippen LogP contribution in [0.4, 0.5) is 5.82 Å². The molecule has 4 aliphatic carbocycles. The van der Waals surface area contributed by atoms with E-state index in [4.69, 9.17) is 18.9 Å². The number of hydrogen-bond donors (Lipinski definition) is 2. The van der Waals surface area contributed by atoms with Crippen LogP contribution in [0.1, 0.15) is 218 Å². The van der Waals surface area contributed by atoms with Gasteiger partial charge in [-0.3, -0.25) is 14.6 Å². The first-order valence-electron chi connectivity index (χ1n) is 31.1. The maximum Gasteiger partial charge on any atom is 2.00 e. The largest absolute Gasteiger partial charge is 2.00 e. The monoisotopic (exact) mass is 1220 g/mol. The Morgan fingerprint density at radius 3 is 1.14 bits per heavy atom. The maximum atomic E-state index is 13.5. The fourth-order valence-electron chi connectivity index (χ4n) is 15.4. The zero-order valence-electron chi connectivity index (χ0n) is 54.6. The third-order valence-electron chi connectivity index (χ3n) is 18.9. The molecule has 4 saturated carbocycles. The summed E-state index contributed by atoms with van der Waals surface area (Å²) in [7, 11) is 0. The summed E-state index contributed by atoms with van der Waals surface area (Å²) in [6.07, 6.45) is 11.0. The average Bonchev–Trinajstić information content (AvgIpc) is 3.95. The molecule has 8 rings (SSSR count). The second kappa shape index (κ2) is 28.4. The molecule has 0 bridgehead atoms. The molecule has 6 aliphatic rings. The average molecular weight is 1220 g/mol. The van der Waals surface area contributed by atoms with Crippen LogP contribution in [0.5, 0.6) is 0 Å². The summed E-state index contributed by atoms with van der Waals surface area (Å²) in [5.41, 5.74) is 7.37. The molecule has 2 aromatic heterocycles. The first kappa shape index (κ1) is 68.4. The number of carbonyl (C=O) groups excluding carboxylic acids is 6. The van der Waals surface area contributed by atoms with Crippen molar-refractivity contribution in [1.82, 2.24) is 15.3 Å². The first-order chi connectivity index (χ1) is 39.3. The Balaban J connectivity index is 0.000000269. The van der Waals surface area contributed by atoms with E-state index in [1.807, 2.05) is 13.8 Å². The molecule has 8 atom stereocenters. The van der Waals surface area contributed by atoms with E-state index in [-0.39, 0.29) is 114 Å². The SMILES string of the molecule is CC(=O)NC1=N/C(=C\c2[n-]c(C)c(C(=O)OC3C(C)CC(C)CC3C)c2C)C(C)=C1C(=O)OC1C(C)CC(C)CC1C.CC(=O)Nc1[n-]c(/C=C2\N=C(C)C(C(=O)OC3C(C)CC(C)CC3C)=C2C)c(C)c1C(=O)OC1C(C)CC(C)CC1C.[Zn+2]. The zero-order valence-corrected chi connectivity index (χ0v) is 57.6. The number of carbonyl (C=O) groups is 6. The van der Waals surface area contributed by atoms with Crippen LogP contribution >= 0.6 is 0 Å². The topological polar surface area (TPSA) is 216 Å². The number of aliphatic imine (C=N–C) groups is 2. The van der Waals surface area contributed by atoms with Crippen molar-refractivity contribution < 1.29 is 67.2 Å². The van der Waals surface area contributed by atoms with E-state index in [1.165, 1.54) is 13.8 Å². The molecule has 0 spiro atoms. The number of aryl methyl sites for hydroxylation is 1. The van der Waals surface area contributed by atoms with Gasteiger partial charge >= 0.3 is 43.4 Å². The second-order valence-electron chi connectivity index (χ2n) is 27.1. The van der Waals surface area contributed by atoms with Crippen LogP contribution in [-0.4, -0.2) is 71.7 Å². The van der Waals surface area contributed by atoms with E-state index >= 15 is 0 Å². The molecule has 8 unspecified atom stereocenters. The minimum absolute atomic E-state index is 0. The standard InChI is InChI=1S/2C34H49N3O5.Zn/c2*1-16-11-18(3)30(19(4)12-16)41-33(39)28-22(7)26(35-24(28)9)15-27-23(8)29(32(37-27)36-25(10)38)34(40)42-31-20(5)13-17(2)14-21(31)6;/h2*15-21,30-31H,11-14H2,1-10H3,(H2,35,36,37,38,39,40);/q;;+2/p-2. The molecule has 2 aliphatic heterocycles. The molecule has 85 heavy (non-hydrogen) atoms. The Kier molecular flexibility index (Phi) is 22.9. The van der Waals surface area contributed by atoms with Gasteiger partial charge in [-0.05, 0) is 198 Å². The van der Waals surface area contributed by atoms with Gasteiger partial charge in [0.25, 0.3) is 0 Å². The molecule has 2 amide bonds. The van der Waals surface area contributed by atoms with Gasteiger partial charge in [0, 0.05) is 12.5 Å². The smallest absolute Gasteiger partial charge is 0.661 e. The van der Waals surface area contributed by atoms with Crippen molar-refractivity contribution in [2.24, 2.45) is 81.0 Å². The van der Waals surface area contributed by atoms with E-state index in [9.17, 15) is 28.8 Å². The summed E-state index contributed by atoms with van der Waals surface area (Å²) in [5, 5.41) is 5.42. The molecule has 2 N–H and O–H groups in total. The van der Waals surface area contributed by atoms with Gasteiger partial charge in [-0.15, -0.1) is 11.4 Å². The molecule has 17 heteroatoms. The zero-order chi connectivity index (χ0) is 62.1. The molecule has 4 heterocycles. The number of nitrogens with zero attached hydrogens (tertiary/aromatic N) is 4. The van der Waals surface area contributed by atoms with Crippen molar-refractivity contribution >= 4 is 65.2 Å². The summed E-state index contributed by atoms with van der Waals surface area (Å²) >= 11 is 0. The van der Waals surface area contributed by atoms with Crippen LogP contribution in [-0.2, 0) is 57.6 Å². The molecule has 460 valence electrons. The van der Waals surface area contributed by atoms with Crippen molar-refractivity contribution in [2.75, 3.05) is 5.32 Å². The number of amides is 2. The van der Waals surface area contributed by atoms with Crippen molar-refractivity contribution in [1.29, 1.82) is 0 Å². The van der Waals surface area contributed by atoms with Crippen LogP contribution in [0.15, 0.2) is 43.7 Å². The molecular formula is C68H96N6O10Zn. The van der Waals surface area contributed by atoms with E-state index in [0.717, 1.165) is 51.4 Å². The number of nitrogens with one attached hydrogen (secondary N) is 2. The van der Waals surface area contributed by atoms with Crippen LogP contribution < -0.4 is 20.6 Å². The Morgan fingerprint density at radius 1 is 0.435 bits per heavy atom. The van der Waals surface area contributed by atoms with Crippen LogP contribution in [0, 0.1) is 91.8 Å². The van der Waals surface area contributed by atoms with E-state index in [1.54, 1.807) is 39.8 Å². The summed E-state index contributed by atoms with van der Waals surface area (Å²) in [4.78, 5) is 96.5. The van der Waals surface area contributed by atoms with Crippen molar-refractivity contribution in [3.05, 3.63) is 73.0 Å². The summed E-state index contributed by atoms with van der Waals surface area (Å²) < 4.78 is 24.3. The van der Waals surface area contributed by atoms with E-state index < -0.39 is 11.9 Å². The Hall–Kier alpha value is -5.70. The number of allylic oxidation sites excluding steroid dienone is 2. The number of anilines is 1. The van der Waals surface area contributed by atoms with Crippen molar-refractivity contribution in [3.8, 4) is 0 Å². The molecule has 0 radical (unpaired) electrons. The number of esters is 4. The maximum absolute atomic E-state index is 13.5. The van der Waals surface area contributed by atoms with Crippen LogP contribution in [0.3, 0.4) is 0 Å². The molecule has 0 aromatic carbocycles. The number of ether oxygens (including phenoxy) is 4. The minimum Gasteiger partial charge on any atom is -0.661 e. The third kappa shape index (κ3) is 15.7. The fourth-order valence-corrected chi connectivity index (χ4v) is 15.4. The van der Waals surface area contributed by atoms with Gasteiger partial charge in [0.2, 0.25) is 5.91 Å². The number of hydrogen-bond acceptors (Lipinski definition) is 12. The van der Waals surface area contributed by atoms with Crippen molar-refractivity contribution in [2.45, 2.75) is 214 Å². The molecule has 4 fully saturated rings. The van der Waals surface area contributed by atoms with Crippen LogP contribution in [0.2, 0.25) is 0 Å².